The minimum absolute atomic E-state index is 0.297. The molecule has 0 radical (unpaired) electrons. The average molecular weight is 275 g/mol. The third-order valence-corrected chi connectivity index (χ3v) is 2.32. The van der Waals surface area contributed by atoms with Crippen LogP contribution in [0.15, 0.2) is 12.3 Å². The predicted octanol–water partition coefficient (Wildman–Crippen LogP) is 3.19. The SMILES string of the molecule is NCCC(F)(F)c1cc(C(F)(F)F)cnc1Cl. The molecule has 0 amide bonds. The van der Waals surface area contributed by atoms with Gasteiger partial charge in [0.15, 0.2) is 0 Å². The van der Waals surface area contributed by atoms with Crippen LogP contribution in [0, 0.1) is 0 Å². The highest BCUT2D eigenvalue weighted by molar-refractivity contribution is 6.30. The van der Waals surface area contributed by atoms with E-state index in [4.69, 9.17) is 17.3 Å². The minimum Gasteiger partial charge on any atom is -0.330 e. The van der Waals surface area contributed by atoms with E-state index in [9.17, 15) is 22.0 Å². The molecule has 0 saturated heterocycles. The molecule has 96 valence electrons. The van der Waals surface area contributed by atoms with Gasteiger partial charge in [0.05, 0.1) is 11.1 Å². The smallest absolute Gasteiger partial charge is 0.330 e. The van der Waals surface area contributed by atoms with Gasteiger partial charge in [-0.1, -0.05) is 11.6 Å². The van der Waals surface area contributed by atoms with Gasteiger partial charge in [0.2, 0.25) is 0 Å². The average Bonchev–Trinajstić information content (AvgIpc) is 2.15. The van der Waals surface area contributed by atoms with E-state index >= 15 is 0 Å². The van der Waals surface area contributed by atoms with E-state index < -0.39 is 34.8 Å². The zero-order valence-electron chi connectivity index (χ0n) is 8.36. The van der Waals surface area contributed by atoms with Crippen molar-refractivity contribution in [2.45, 2.75) is 18.5 Å². The molecule has 8 heteroatoms. The van der Waals surface area contributed by atoms with Crippen molar-refractivity contribution in [2.75, 3.05) is 6.54 Å². The molecule has 0 aliphatic carbocycles. The van der Waals surface area contributed by atoms with Crippen LogP contribution in [0.5, 0.6) is 0 Å². The van der Waals surface area contributed by atoms with Crippen molar-refractivity contribution >= 4 is 11.6 Å². The molecule has 0 aliphatic rings. The van der Waals surface area contributed by atoms with Gasteiger partial charge >= 0.3 is 6.18 Å². The highest BCUT2D eigenvalue weighted by Crippen LogP contribution is 2.38. The van der Waals surface area contributed by atoms with Crippen LogP contribution in [0.2, 0.25) is 5.15 Å². The third-order valence-electron chi connectivity index (χ3n) is 2.02. The van der Waals surface area contributed by atoms with Crippen LogP contribution in [-0.4, -0.2) is 11.5 Å². The lowest BCUT2D eigenvalue weighted by Crippen LogP contribution is -2.20. The lowest BCUT2D eigenvalue weighted by Gasteiger charge is -2.18. The molecule has 0 aliphatic heterocycles. The van der Waals surface area contributed by atoms with Crippen LogP contribution in [-0.2, 0) is 12.1 Å². The summed E-state index contributed by atoms with van der Waals surface area (Å²) >= 11 is 5.37. The van der Waals surface area contributed by atoms with Gasteiger partial charge in [-0.3, -0.25) is 0 Å². The van der Waals surface area contributed by atoms with E-state index in [-0.39, 0.29) is 6.54 Å². The Balaban J connectivity index is 3.24. The van der Waals surface area contributed by atoms with E-state index in [1.807, 2.05) is 0 Å². The normalized spacial score (nSPS) is 12.9. The van der Waals surface area contributed by atoms with Crippen LogP contribution in [0.1, 0.15) is 17.5 Å². The van der Waals surface area contributed by atoms with Gasteiger partial charge in [-0.15, -0.1) is 0 Å². The van der Waals surface area contributed by atoms with Gasteiger partial charge in [0.1, 0.15) is 5.15 Å². The molecule has 0 saturated carbocycles. The van der Waals surface area contributed by atoms with Crippen LogP contribution in [0.3, 0.4) is 0 Å². The quantitative estimate of drug-likeness (QED) is 0.679. The summed E-state index contributed by atoms with van der Waals surface area (Å²) in [5, 5.41) is -0.656. The van der Waals surface area contributed by atoms with Gasteiger partial charge in [0.25, 0.3) is 5.92 Å². The number of hydrogen-bond acceptors (Lipinski definition) is 2. The first-order valence-electron chi connectivity index (χ1n) is 4.49. The molecule has 1 aromatic heterocycles. The molecule has 17 heavy (non-hydrogen) atoms. The number of aromatic nitrogens is 1. The molecule has 1 aromatic rings. The summed E-state index contributed by atoms with van der Waals surface area (Å²) in [5.74, 6) is -3.53. The van der Waals surface area contributed by atoms with E-state index in [1.165, 1.54) is 0 Å². The molecular formula is C9H8ClF5N2. The van der Waals surface area contributed by atoms with E-state index in [2.05, 4.69) is 4.98 Å². The number of hydrogen-bond donors (Lipinski definition) is 1. The first kappa shape index (κ1) is 14.1. The molecule has 0 atom stereocenters. The Bertz CT molecular complexity index is 405. The fraction of sp³-hybridized carbons (Fsp3) is 0.444. The molecule has 0 spiro atoms. The van der Waals surface area contributed by atoms with Crippen molar-refractivity contribution in [2.24, 2.45) is 5.73 Å². The Labute approximate surface area is 98.6 Å². The standard InChI is InChI=1S/C9H8ClF5N2/c10-7-6(8(11,12)1-2-16)3-5(4-17-7)9(13,14)15/h3-4H,1-2,16H2. The summed E-state index contributed by atoms with van der Waals surface area (Å²) in [4.78, 5) is 3.12. The van der Waals surface area contributed by atoms with E-state index in [0.29, 0.717) is 12.3 Å². The highest BCUT2D eigenvalue weighted by Gasteiger charge is 2.38. The maximum absolute atomic E-state index is 13.4. The van der Waals surface area contributed by atoms with Crippen LogP contribution in [0.25, 0.3) is 0 Å². The Hall–Kier alpha value is -0.950. The maximum atomic E-state index is 13.4. The van der Waals surface area contributed by atoms with Crippen molar-refractivity contribution in [3.63, 3.8) is 0 Å². The molecule has 2 N–H and O–H groups in total. The second-order valence-electron chi connectivity index (χ2n) is 3.30. The lowest BCUT2D eigenvalue weighted by atomic mass is 10.1. The van der Waals surface area contributed by atoms with E-state index in [1.54, 1.807) is 0 Å². The van der Waals surface area contributed by atoms with E-state index in [0.717, 1.165) is 0 Å². The second-order valence-corrected chi connectivity index (χ2v) is 3.66. The zero-order chi connectivity index (χ0) is 13.3. The molecule has 1 rings (SSSR count). The Morgan fingerprint density at radius 2 is 1.82 bits per heavy atom. The molecule has 0 bridgehead atoms. The minimum atomic E-state index is -4.74. The van der Waals surface area contributed by atoms with Crippen LogP contribution < -0.4 is 5.73 Å². The number of halogens is 6. The molecule has 0 fully saturated rings. The fourth-order valence-corrected chi connectivity index (χ4v) is 1.42. The van der Waals surface area contributed by atoms with Crippen molar-refractivity contribution < 1.29 is 22.0 Å². The predicted molar refractivity (Wildman–Crippen MR) is 51.8 cm³/mol. The summed E-state index contributed by atoms with van der Waals surface area (Å²) in [7, 11) is 0. The first-order valence-corrected chi connectivity index (χ1v) is 4.87. The largest absolute Gasteiger partial charge is 0.417 e. The number of nitrogens with zero attached hydrogens (tertiary/aromatic N) is 1. The van der Waals surface area contributed by atoms with Crippen molar-refractivity contribution in [3.8, 4) is 0 Å². The van der Waals surface area contributed by atoms with Gasteiger partial charge in [-0.05, 0) is 12.6 Å². The molecule has 0 aromatic carbocycles. The zero-order valence-corrected chi connectivity index (χ0v) is 9.12. The molecular weight excluding hydrogens is 267 g/mol. The summed E-state index contributed by atoms with van der Waals surface area (Å²) in [5.41, 5.74) is 2.73. The highest BCUT2D eigenvalue weighted by atomic mass is 35.5. The summed E-state index contributed by atoms with van der Waals surface area (Å²) in [6, 6.07) is 0.297. The van der Waals surface area contributed by atoms with Crippen molar-refractivity contribution in [1.82, 2.24) is 4.98 Å². The van der Waals surface area contributed by atoms with Crippen LogP contribution in [0.4, 0.5) is 22.0 Å². The number of nitrogens with two attached hydrogens (primary N) is 1. The maximum Gasteiger partial charge on any atom is 0.417 e. The number of rotatable bonds is 3. The second kappa shape index (κ2) is 4.73. The lowest BCUT2D eigenvalue weighted by molar-refractivity contribution is -0.138. The van der Waals surface area contributed by atoms with Crippen molar-refractivity contribution in [1.29, 1.82) is 0 Å². The van der Waals surface area contributed by atoms with Gasteiger partial charge in [-0.2, -0.15) is 13.2 Å². The molecule has 1 heterocycles. The summed E-state index contributed by atoms with van der Waals surface area (Å²) in [6.45, 7) is -0.375. The Morgan fingerprint density at radius 1 is 1.24 bits per heavy atom. The van der Waals surface area contributed by atoms with Gasteiger partial charge in [-0.25, -0.2) is 13.8 Å². The Morgan fingerprint density at radius 3 is 2.29 bits per heavy atom. The van der Waals surface area contributed by atoms with Crippen LogP contribution >= 0.6 is 11.6 Å². The van der Waals surface area contributed by atoms with Gasteiger partial charge < -0.3 is 5.73 Å². The summed E-state index contributed by atoms with van der Waals surface area (Å²) < 4.78 is 63.8. The Kier molecular flexibility index (Phi) is 3.93. The molecule has 2 nitrogen and oxygen atoms in total. The summed E-state index contributed by atoms with van der Waals surface area (Å²) in [6.07, 6.45) is -5.13. The topological polar surface area (TPSA) is 38.9 Å². The van der Waals surface area contributed by atoms with Crippen molar-refractivity contribution in [3.05, 3.63) is 28.5 Å². The number of pyridine rings is 1. The molecule has 0 unspecified atom stereocenters. The first-order chi connectivity index (χ1) is 7.68. The monoisotopic (exact) mass is 274 g/mol. The number of alkyl halides is 5. The third kappa shape index (κ3) is 3.26. The fourth-order valence-electron chi connectivity index (χ4n) is 1.18. The van der Waals surface area contributed by atoms with Gasteiger partial charge in [0, 0.05) is 12.6 Å².